The Hall–Kier alpha value is -1.66. The predicted octanol–water partition coefficient (Wildman–Crippen LogP) is 4.38. The Labute approximate surface area is 164 Å². The normalized spacial score (nSPS) is 10.4. The number of carbonyl (C=O) groups excluding carboxylic acids is 2. The van der Waals surface area contributed by atoms with Crippen LogP contribution >= 0.6 is 31.9 Å². The van der Waals surface area contributed by atoms with Crippen molar-refractivity contribution in [3.8, 4) is 0 Å². The molecule has 132 valence electrons. The number of carbonyl (C=O) groups is 2. The Balaban J connectivity index is 1.73. The van der Waals surface area contributed by atoms with Crippen molar-refractivity contribution in [1.82, 2.24) is 10.6 Å². The summed E-state index contributed by atoms with van der Waals surface area (Å²) in [7, 11) is 0. The Kier molecular flexibility index (Phi) is 7.20. The first-order valence-electron chi connectivity index (χ1n) is 7.97. The van der Waals surface area contributed by atoms with Crippen molar-refractivity contribution in [1.29, 1.82) is 0 Å². The minimum atomic E-state index is -0.116. The summed E-state index contributed by atoms with van der Waals surface area (Å²) in [5, 5.41) is 5.71. The Bertz CT molecular complexity index is 725. The molecule has 0 bridgehead atoms. The summed E-state index contributed by atoms with van der Waals surface area (Å²) in [4.78, 5) is 24.1. The Morgan fingerprint density at radius 2 is 1.20 bits per heavy atom. The number of hydrogen-bond acceptors (Lipinski definition) is 2. The molecule has 2 N–H and O–H groups in total. The lowest BCUT2D eigenvalue weighted by molar-refractivity contribution is 0.0951. The third kappa shape index (κ3) is 5.68. The van der Waals surface area contributed by atoms with Crippen LogP contribution in [0.25, 0.3) is 0 Å². The van der Waals surface area contributed by atoms with Gasteiger partial charge < -0.3 is 10.6 Å². The lowest BCUT2D eigenvalue weighted by Gasteiger charge is -2.08. The maximum absolute atomic E-state index is 12.1. The van der Waals surface area contributed by atoms with Gasteiger partial charge in [0.25, 0.3) is 11.8 Å². The van der Waals surface area contributed by atoms with Crippen molar-refractivity contribution in [2.24, 2.45) is 0 Å². The summed E-state index contributed by atoms with van der Waals surface area (Å²) >= 11 is 6.85. The second kappa shape index (κ2) is 9.15. The monoisotopic (exact) mass is 466 g/mol. The molecule has 25 heavy (non-hydrogen) atoms. The number of amides is 2. The number of halogens is 2. The molecule has 2 aromatic rings. The minimum Gasteiger partial charge on any atom is -0.352 e. The highest BCUT2D eigenvalue weighted by atomic mass is 79.9. The van der Waals surface area contributed by atoms with Crippen LogP contribution in [-0.4, -0.2) is 24.9 Å². The maximum atomic E-state index is 12.1. The lowest BCUT2D eigenvalue weighted by Crippen LogP contribution is -2.29. The highest BCUT2D eigenvalue weighted by molar-refractivity contribution is 9.10. The fourth-order valence-electron chi connectivity index (χ4n) is 2.16. The van der Waals surface area contributed by atoms with E-state index in [4.69, 9.17) is 0 Å². The summed E-state index contributed by atoms with van der Waals surface area (Å²) in [6, 6.07) is 11.0. The topological polar surface area (TPSA) is 58.2 Å². The van der Waals surface area contributed by atoms with Crippen LogP contribution in [0.5, 0.6) is 0 Å². The van der Waals surface area contributed by atoms with Gasteiger partial charge in [-0.1, -0.05) is 44.0 Å². The first-order valence-corrected chi connectivity index (χ1v) is 9.56. The SMILES string of the molecule is Cc1ccc(C(=O)NCCCNC(=O)c2ccc(C)c(Br)c2)cc1Br. The highest BCUT2D eigenvalue weighted by Gasteiger charge is 2.08. The zero-order valence-corrected chi connectivity index (χ0v) is 17.3. The zero-order chi connectivity index (χ0) is 18.4. The second-order valence-electron chi connectivity index (χ2n) is 5.79. The molecule has 0 spiro atoms. The molecule has 0 saturated carbocycles. The van der Waals surface area contributed by atoms with Crippen LogP contribution in [0.15, 0.2) is 45.3 Å². The molecule has 0 atom stereocenters. The van der Waals surface area contributed by atoms with Gasteiger partial charge in [-0.3, -0.25) is 9.59 Å². The molecule has 0 aliphatic rings. The summed E-state index contributed by atoms with van der Waals surface area (Å²) in [6.45, 7) is 4.95. The Morgan fingerprint density at radius 3 is 1.56 bits per heavy atom. The molecule has 6 heteroatoms. The van der Waals surface area contributed by atoms with Gasteiger partial charge in [-0.2, -0.15) is 0 Å². The molecule has 0 saturated heterocycles. The highest BCUT2D eigenvalue weighted by Crippen LogP contribution is 2.18. The van der Waals surface area contributed by atoms with Crippen molar-refractivity contribution in [3.05, 3.63) is 67.6 Å². The summed E-state index contributed by atoms with van der Waals surface area (Å²) in [5.41, 5.74) is 3.40. The molecule has 0 aliphatic heterocycles. The first kappa shape index (κ1) is 19.7. The van der Waals surface area contributed by atoms with Gasteiger partial charge in [-0.15, -0.1) is 0 Å². The van der Waals surface area contributed by atoms with Gasteiger partial charge in [0.1, 0.15) is 0 Å². The van der Waals surface area contributed by atoms with Crippen LogP contribution in [0.3, 0.4) is 0 Å². The van der Waals surface area contributed by atoms with E-state index in [9.17, 15) is 9.59 Å². The molecule has 0 unspecified atom stereocenters. The first-order chi connectivity index (χ1) is 11.9. The third-order valence-corrected chi connectivity index (χ3v) is 5.50. The third-order valence-electron chi connectivity index (χ3n) is 3.79. The van der Waals surface area contributed by atoms with Crippen LogP contribution in [0.2, 0.25) is 0 Å². The van der Waals surface area contributed by atoms with Crippen molar-refractivity contribution in [2.45, 2.75) is 20.3 Å². The molecule has 2 amide bonds. The quantitative estimate of drug-likeness (QED) is 0.619. The largest absolute Gasteiger partial charge is 0.352 e. The summed E-state index contributed by atoms with van der Waals surface area (Å²) < 4.78 is 1.83. The average molecular weight is 468 g/mol. The van der Waals surface area contributed by atoms with Gasteiger partial charge in [0, 0.05) is 33.2 Å². The standard InChI is InChI=1S/C19H20Br2N2O2/c1-12-4-6-14(10-16(12)20)18(24)22-8-3-9-23-19(25)15-7-5-13(2)17(21)11-15/h4-7,10-11H,3,8-9H2,1-2H3,(H,22,24)(H,23,25). The van der Waals surface area contributed by atoms with Crippen LogP contribution in [0.1, 0.15) is 38.3 Å². The van der Waals surface area contributed by atoms with E-state index in [0.29, 0.717) is 30.6 Å². The molecular formula is C19H20Br2N2O2. The maximum Gasteiger partial charge on any atom is 0.251 e. The van der Waals surface area contributed by atoms with E-state index in [-0.39, 0.29) is 11.8 Å². The molecule has 0 aliphatic carbocycles. The van der Waals surface area contributed by atoms with Crippen LogP contribution in [-0.2, 0) is 0 Å². The summed E-state index contributed by atoms with van der Waals surface area (Å²) in [6.07, 6.45) is 0.664. The van der Waals surface area contributed by atoms with Crippen molar-refractivity contribution in [3.63, 3.8) is 0 Å². The van der Waals surface area contributed by atoms with E-state index < -0.39 is 0 Å². The van der Waals surface area contributed by atoms with E-state index in [2.05, 4.69) is 42.5 Å². The smallest absolute Gasteiger partial charge is 0.251 e. The molecule has 2 aromatic carbocycles. The van der Waals surface area contributed by atoms with E-state index in [1.54, 1.807) is 12.1 Å². The van der Waals surface area contributed by atoms with Crippen LogP contribution < -0.4 is 10.6 Å². The Morgan fingerprint density at radius 1 is 0.800 bits per heavy atom. The lowest BCUT2D eigenvalue weighted by atomic mass is 10.1. The average Bonchev–Trinajstić information content (AvgIpc) is 2.59. The van der Waals surface area contributed by atoms with Gasteiger partial charge in [-0.05, 0) is 55.7 Å². The molecule has 0 radical (unpaired) electrons. The van der Waals surface area contributed by atoms with Gasteiger partial charge in [0.15, 0.2) is 0 Å². The fraction of sp³-hybridized carbons (Fsp3) is 0.263. The van der Waals surface area contributed by atoms with Gasteiger partial charge in [0.2, 0.25) is 0 Å². The summed E-state index contributed by atoms with van der Waals surface area (Å²) in [5.74, 6) is -0.232. The van der Waals surface area contributed by atoms with Crippen LogP contribution in [0.4, 0.5) is 0 Å². The van der Waals surface area contributed by atoms with Crippen molar-refractivity contribution < 1.29 is 9.59 Å². The van der Waals surface area contributed by atoms with Crippen molar-refractivity contribution in [2.75, 3.05) is 13.1 Å². The van der Waals surface area contributed by atoms with Crippen molar-refractivity contribution >= 4 is 43.7 Å². The second-order valence-corrected chi connectivity index (χ2v) is 7.50. The van der Waals surface area contributed by atoms with E-state index >= 15 is 0 Å². The van der Waals surface area contributed by atoms with Crippen LogP contribution in [0, 0.1) is 13.8 Å². The number of benzene rings is 2. The van der Waals surface area contributed by atoms with E-state index in [1.165, 1.54) is 0 Å². The van der Waals surface area contributed by atoms with Gasteiger partial charge in [0.05, 0.1) is 0 Å². The molecule has 0 aromatic heterocycles. The van der Waals surface area contributed by atoms with E-state index in [1.807, 2.05) is 38.1 Å². The number of aryl methyl sites for hydroxylation is 2. The molecular weight excluding hydrogens is 448 g/mol. The van der Waals surface area contributed by atoms with E-state index in [0.717, 1.165) is 20.1 Å². The number of hydrogen-bond donors (Lipinski definition) is 2. The molecule has 2 rings (SSSR count). The van der Waals surface area contributed by atoms with Gasteiger partial charge >= 0.3 is 0 Å². The predicted molar refractivity (Wildman–Crippen MR) is 107 cm³/mol. The molecule has 0 fully saturated rings. The number of rotatable bonds is 6. The minimum absolute atomic E-state index is 0.116. The zero-order valence-electron chi connectivity index (χ0n) is 14.2. The van der Waals surface area contributed by atoms with Gasteiger partial charge in [-0.25, -0.2) is 0 Å². The molecule has 0 heterocycles. The number of nitrogens with one attached hydrogen (secondary N) is 2. The fourth-order valence-corrected chi connectivity index (χ4v) is 2.92. The molecule has 4 nitrogen and oxygen atoms in total.